The van der Waals surface area contributed by atoms with E-state index >= 15 is 0 Å². The molecule has 2 heterocycles. The molecule has 2 aromatic carbocycles. The number of aliphatic hydroxyl groups is 1. The molecular formula is C21H21N3O2. The van der Waals surface area contributed by atoms with Crippen molar-refractivity contribution in [3.63, 3.8) is 0 Å². The van der Waals surface area contributed by atoms with Gasteiger partial charge in [-0.15, -0.1) is 0 Å². The summed E-state index contributed by atoms with van der Waals surface area (Å²) in [4.78, 5) is 16.4. The molecule has 0 spiro atoms. The molecule has 5 heteroatoms. The number of hydrogen-bond donors (Lipinski definition) is 2. The highest BCUT2D eigenvalue weighted by Gasteiger charge is 2.22. The molecule has 0 radical (unpaired) electrons. The van der Waals surface area contributed by atoms with E-state index in [-0.39, 0.29) is 5.91 Å². The number of carbonyl (C=O) groups is 1. The van der Waals surface area contributed by atoms with Crippen LogP contribution in [0.25, 0.3) is 11.3 Å². The first-order valence-corrected chi connectivity index (χ1v) is 8.80. The van der Waals surface area contributed by atoms with E-state index in [1.165, 1.54) is 0 Å². The zero-order valence-electron chi connectivity index (χ0n) is 14.6. The van der Waals surface area contributed by atoms with Crippen LogP contribution in [0.15, 0.2) is 54.9 Å². The van der Waals surface area contributed by atoms with Gasteiger partial charge in [0.1, 0.15) is 0 Å². The molecule has 1 unspecified atom stereocenters. The highest BCUT2D eigenvalue weighted by Crippen LogP contribution is 2.29. The third-order valence-electron chi connectivity index (χ3n) is 4.71. The van der Waals surface area contributed by atoms with Crippen LogP contribution in [0.1, 0.15) is 23.7 Å². The number of hydrogen-bond acceptors (Lipinski definition) is 3. The van der Waals surface area contributed by atoms with Crippen LogP contribution in [0, 0.1) is 0 Å². The van der Waals surface area contributed by atoms with Crippen LogP contribution in [0.5, 0.6) is 0 Å². The van der Waals surface area contributed by atoms with Gasteiger partial charge in [0.25, 0.3) is 0 Å². The Morgan fingerprint density at radius 2 is 2.00 bits per heavy atom. The Hall–Kier alpha value is -2.92. The minimum atomic E-state index is -0.461. The van der Waals surface area contributed by atoms with Crippen molar-refractivity contribution in [1.82, 2.24) is 9.55 Å². The van der Waals surface area contributed by atoms with E-state index in [9.17, 15) is 9.90 Å². The summed E-state index contributed by atoms with van der Waals surface area (Å²) in [7, 11) is 0. The minimum Gasteiger partial charge on any atom is -0.393 e. The molecular weight excluding hydrogens is 326 g/mol. The zero-order chi connectivity index (χ0) is 18.1. The SMILES string of the molecule is CC(O)Cc1c(-c2ccccc2)ncn1Cc1cccc2c1CC(=O)N2. The number of imidazole rings is 1. The number of nitrogens with one attached hydrogen (secondary N) is 1. The van der Waals surface area contributed by atoms with Gasteiger partial charge in [-0.25, -0.2) is 4.98 Å². The number of nitrogens with zero attached hydrogens (tertiary/aromatic N) is 2. The summed E-state index contributed by atoms with van der Waals surface area (Å²) in [5.41, 5.74) is 5.99. The van der Waals surface area contributed by atoms with Crippen LogP contribution in [0.3, 0.4) is 0 Å². The van der Waals surface area contributed by atoms with Crippen LogP contribution in [-0.2, 0) is 24.2 Å². The Kier molecular flexibility index (Phi) is 4.31. The molecule has 1 aliphatic heterocycles. The summed E-state index contributed by atoms with van der Waals surface area (Å²) in [6.45, 7) is 2.41. The van der Waals surface area contributed by atoms with Crippen LogP contribution < -0.4 is 5.32 Å². The maximum Gasteiger partial charge on any atom is 0.228 e. The Morgan fingerprint density at radius 3 is 2.77 bits per heavy atom. The van der Waals surface area contributed by atoms with Gasteiger partial charge in [-0.05, 0) is 24.1 Å². The van der Waals surface area contributed by atoms with Crippen LogP contribution in [-0.4, -0.2) is 26.7 Å². The first kappa shape index (κ1) is 16.5. The monoisotopic (exact) mass is 347 g/mol. The number of benzene rings is 2. The van der Waals surface area contributed by atoms with E-state index < -0.39 is 6.10 Å². The van der Waals surface area contributed by atoms with Gasteiger partial charge in [0.15, 0.2) is 0 Å². The maximum atomic E-state index is 11.7. The standard InChI is InChI=1S/C21H21N3O2/c1-14(25)10-19-21(15-6-3-2-4-7-15)22-13-24(19)12-16-8-5-9-18-17(16)11-20(26)23-18/h2-9,13-14,25H,10-12H2,1H3,(H,23,26). The quantitative estimate of drug-likeness (QED) is 0.745. The minimum absolute atomic E-state index is 0.0345. The lowest BCUT2D eigenvalue weighted by molar-refractivity contribution is -0.115. The van der Waals surface area contributed by atoms with Crippen molar-refractivity contribution in [2.75, 3.05) is 5.32 Å². The van der Waals surface area contributed by atoms with Crippen LogP contribution in [0.4, 0.5) is 5.69 Å². The van der Waals surface area contributed by atoms with E-state index in [0.717, 1.165) is 33.8 Å². The van der Waals surface area contributed by atoms with Gasteiger partial charge in [0.05, 0.1) is 24.5 Å². The van der Waals surface area contributed by atoms with E-state index in [1.54, 1.807) is 6.92 Å². The van der Waals surface area contributed by atoms with Crippen molar-refractivity contribution in [1.29, 1.82) is 0 Å². The highest BCUT2D eigenvalue weighted by molar-refractivity contribution is 5.99. The van der Waals surface area contributed by atoms with Gasteiger partial charge in [-0.1, -0.05) is 42.5 Å². The van der Waals surface area contributed by atoms with Gasteiger partial charge in [-0.2, -0.15) is 0 Å². The number of aromatic nitrogens is 2. The lowest BCUT2D eigenvalue weighted by Gasteiger charge is -2.14. The first-order chi connectivity index (χ1) is 12.6. The van der Waals surface area contributed by atoms with Crippen molar-refractivity contribution in [3.8, 4) is 11.3 Å². The molecule has 1 atom stereocenters. The van der Waals surface area contributed by atoms with Gasteiger partial charge < -0.3 is 15.0 Å². The van der Waals surface area contributed by atoms with E-state index in [0.29, 0.717) is 19.4 Å². The molecule has 0 saturated carbocycles. The second kappa shape index (κ2) is 6.77. The average molecular weight is 347 g/mol. The summed E-state index contributed by atoms with van der Waals surface area (Å²) >= 11 is 0. The molecule has 0 bridgehead atoms. The molecule has 132 valence electrons. The smallest absolute Gasteiger partial charge is 0.228 e. The first-order valence-electron chi connectivity index (χ1n) is 8.80. The fourth-order valence-corrected chi connectivity index (χ4v) is 3.52. The predicted octanol–water partition coefficient (Wildman–Crippen LogP) is 3.02. The summed E-state index contributed by atoms with van der Waals surface area (Å²) in [5, 5.41) is 12.9. The molecule has 0 fully saturated rings. The maximum absolute atomic E-state index is 11.7. The molecule has 5 nitrogen and oxygen atoms in total. The number of rotatable bonds is 5. The summed E-state index contributed by atoms with van der Waals surface area (Å²) in [6, 6.07) is 16.0. The highest BCUT2D eigenvalue weighted by atomic mass is 16.3. The zero-order valence-corrected chi connectivity index (χ0v) is 14.6. The summed E-state index contributed by atoms with van der Waals surface area (Å²) < 4.78 is 2.08. The van der Waals surface area contributed by atoms with Crippen molar-refractivity contribution in [2.24, 2.45) is 0 Å². The van der Waals surface area contributed by atoms with E-state index in [2.05, 4.69) is 14.9 Å². The van der Waals surface area contributed by atoms with Crippen molar-refractivity contribution in [2.45, 2.75) is 32.4 Å². The summed E-state index contributed by atoms with van der Waals surface area (Å²) in [6.07, 6.45) is 2.30. The largest absolute Gasteiger partial charge is 0.393 e. The number of fused-ring (bicyclic) bond motifs is 1. The number of anilines is 1. The van der Waals surface area contributed by atoms with Crippen LogP contribution in [0.2, 0.25) is 0 Å². The lowest BCUT2D eigenvalue weighted by Crippen LogP contribution is -2.12. The Morgan fingerprint density at radius 1 is 1.19 bits per heavy atom. The molecule has 0 saturated heterocycles. The molecule has 3 aromatic rings. The van der Waals surface area contributed by atoms with Crippen molar-refractivity contribution < 1.29 is 9.90 Å². The normalized spacial score (nSPS) is 14.2. The lowest BCUT2D eigenvalue weighted by atomic mass is 10.0. The molecule has 4 rings (SSSR count). The fourth-order valence-electron chi connectivity index (χ4n) is 3.52. The van der Waals surface area contributed by atoms with Gasteiger partial charge in [0.2, 0.25) is 5.91 Å². The molecule has 0 aliphatic carbocycles. The average Bonchev–Trinajstić information content (AvgIpc) is 3.19. The van der Waals surface area contributed by atoms with Gasteiger partial charge in [0, 0.05) is 29.9 Å². The third kappa shape index (κ3) is 3.13. The van der Waals surface area contributed by atoms with Gasteiger partial charge >= 0.3 is 0 Å². The molecule has 1 aliphatic rings. The van der Waals surface area contributed by atoms with E-state index in [4.69, 9.17) is 0 Å². The third-order valence-corrected chi connectivity index (χ3v) is 4.71. The number of carbonyl (C=O) groups excluding carboxylic acids is 1. The molecule has 2 N–H and O–H groups in total. The topological polar surface area (TPSA) is 67.2 Å². The second-order valence-electron chi connectivity index (χ2n) is 6.76. The fraction of sp³-hybridized carbons (Fsp3) is 0.238. The molecule has 26 heavy (non-hydrogen) atoms. The molecule has 1 amide bonds. The Labute approximate surface area is 152 Å². The predicted molar refractivity (Wildman–Crippen MR) is 101 cm³/mol. The number of aliphatic hydroxyl groups excluding tert-OH is 1. The van der Waals surface area contributed by atoms with E-state index in [1.807, 2.05) is 54.9 Å². The Balaban J connectivity index is 1.73. The van der Waals surface area contributed by atoms with Crippen LogP contribution >= 0.6 is 0 Å². The summed E-state index contributed by atoms with van der Waals surface area (Å²) in [5.74, 6) is 0.0345. The van der Waals surface area contributed by atoms with Crippen molar-refractivity contribution >= 4 is 11.6 Å². The second-order valence-corrected chi connectivity index (χ2v) is 6.76. The van der Waals surface area contributed by atoms with Gasteiger partial charge in [-0.3, -0.25) is 4.79 Å². The Bertz CT molecular complexity index is 945. The number of amides is 1. The molecule has 1 aromatic heterocycles. The van der Waals surface area contributed by atoms with Crippen molar-refractivity contribution in [3.05, 3.63) is 71.7 Å².